The Balaban J connectivity index is 0.00000161. The molecule has 0 aromatic heterocycles. The van der Waals surface area contributed by atoms with Crippen molar-refractivity contribution in [3.63, 3.8) is 0 Å². The number of benzene rings is 2. The molecule has 0 saturated carbocycles. The van der Waals surface area contributed by atoms with Gasteiger partial charge in [0.15, 0.2) is 6.23 Å². The number of para-hydroxylation sites is 2. The SMILES string of the molecule is CN(CCOc1ccccc1)C1Cc2ccccc2O1.Cl. The van der Waals surface area contributed by atoms with E-state index in [2.05, 4.69) is 24.1 Å². The Morgan fingerprint density at radius 1 is 1.10 bits per heavy atom. The van der Waals surface area contributed by atoms with Gasteiger partial charge in [-0.25, -0.2) is 0 Å². The summed E-state index contributed by atoms with van der Waals surface area (Å²) in [6.07, 6.45) is 1.06. The maximum atomic E-state index is 5.94. The van der Waals surface area contributed by atoms with Crippen molar-refractivity contribution < 1.29 is 9.47 Å². The number of nitrogens with zero attached hydrogens (tertiary/aromatic N) is 1. The molecule has 0 saturated heterocycles. The zero-order valence-electron chi connectivity index (χ0n) is 12.1. The first-order chi connectivity index (χ1) is 9.83. The van der Waals surface area contributed by atoms with Crippen LogP contribution in [0.25, 0.3) is 0 Å². The lowest BCUT2D eigenvalue weighted by atomic mass is 10.1. The number of rotatable bonds is 5. The van der Waals surface area contributed by atoms with Gasteiger partial charge in [-0.1, -0.05) is 36.4 Å². The van der Waals surface area contributed by atoms with E-state index in [1.165, 1.54) is 5.56 Å². The highest BCUT2D eigenvalue weighted by Crippen LogP contribution is 2.29. The molecule has 4 heteroatoms. The van der Waals surface area contributed by atoms with Crippen molar-refractivity contribution >= 4 is 12.4 Å². The Labute approximate surface area is 131 Å². The molecule has 1 aliphatic heterocycles. The van der Waals surface area contributed by atoms with Crippen molar-refractivity contribution in [1.82, 2.24) is 4.90 Å². The first-order valence-electron chi connectivity index (χ1n) is 6.95. The normalized spacial score (nSPS) is 16.0. The summed E-state index contributed by atoms with van der Waals surface area (Å²) in [7, 11) is 2.07. The van der Waals surface area contributed by atoms with Crippen LogP contribution in [0.15, 0.2) is 54.6 Å². The van der Waals surface area contributed by atoms with Crippen LogP contribution in [0.3, 0.4) is 0 Å². The van der Waals surface area contributed by atoms with E-state index in [9.17, 15) is 0 Å². The maximum Gasteiger partial charge on any atom is 0.156 e. The van der Waals surface area contributed by atoms with E-state index in [1.54, 1.807) is 0 Å². The van der Waals surface area contributed by atoms with Gasteiger partial charge in [-0.3, -0.25) is 4.90 Å². The first kappa shape index (κ1) is 15.7. The van der Waals surface area contributed by atoms with Crippen LogP contribution in [-0.4, -0.2) is 31.3 Å². The van der Waals surface area contributed by atoms with E-state index in [1.807, 2.05) is 42.5 Å². The highest BCUT2D eigenvalue weighted by molar-refractivity contribution is 5.85. The topological polar surface area (TPSA) is 21.7 Å². The molecule has 0 spiro atoms. The number of hydrogen-bond donors (Lipinski definition) is 0. The lowest BCUT2D eigenvalue weighted by Crippen LogP contribution is -2.37. The number of halogens is 1. The third kappa shape index (κ3) is 3.90. The van der Waals surface area contributed by atoms with Crippen molar-refractivity contribution in [2.45, 2.75) is 12.6 Å². The molecule has 3 rings (SSSR count). The zero-order valence-corrected chi connectivity index (χ0v) is 12.9. The van der Waals surface area contributed by atoms with Crippen LogP contribution in [-0.2, 0) is 6.42 Å². The monoisotopic (exact) mass is 305 g/mol. The summed E-state index contributed by atoms with van der Waals surface area (Å²) in [5, 5.41) is 0. The second kappa shape index (κ2) is 7.34. The molecule has 0 fully saturated rings. The molecule has 21 heavy (non-hydrogen) atoms. The summed E-state index contributed by atoms with van der Waals surface area (Å²) in [6.45, 7) is 1.50. The van der Waals surface area contributed by atoms with Crippen LogP contribution in [0, 0.1) is 0 Å². The summed E-state index contributed by atoms with van der Waals surface area (Å²) < 4.78 is 11.7. The van der Waals surface area contributed by atoms with E-state index >= 15 is 0 Å². The Bertz CT molecular complexity index is 537. The first-order valence-corrected chi connectivity index (χ1v) is 6.95. The van der Waals surface area contributed by atoms with E-state index in [4.69, 9.17) is 9.47 Å². The van der Waals surface area contributed by atoms with E-state index in [-0.39, 0.29) is 18.6 Å². The highest BCUT2D eigenvalue weighted by atomic mass is 35.5. The van der Waals surface area contributed by atoms with Crippen LogP contribution >= 0.6 is 12.4 Å². The average Bonchev–Trinajstić information content (AvgIpc) is 2.92. The maximum absolute atomic E-state index is 5.94. The van der Waals surface area contributed by atoms with Gasteiger partial charge in [0.05, 0.1) is 0 Å². The molecule has 2 aromatic rings. The second-order valence-electron chi connectivity index (χ2n) is 5.03. The molecular formula is C17H20ClNO2. The molecule has 0 bridgehead atoms. The van der Waals surface area contributed by atoms with Gasteiger partial charge in [0.1, 0.15) is 18.1 Å². The van der Waals surface area contributed by atoms with Crippen molar-refractivity contribution in [2.75, 3.05) is 20.2 Å². The number of ether oxygens (including phenoxy) is 2. The predicted molar refractivity (Wildman–Crippen MR) is 86.4 cm³/mol. The predicted octanol–water partition coefficient (Wildman–Crippen LogP) is 3.38. The largest absolute Gasteiger partial charge is 0.492 e. The molecule has 1 aliphatic rings. The minimum absolute atomic E-state index is 0. The van der Waals surface area contributed by atoms with Crippen molar-refractivity contribution in [3.05, 3.63) is 60.2 Å². The Morgan fingerprint density at radius 2 is 1.81 bits per heavy atom. The van der Waals surface area contributed by atoms with Gasteiger partial charge in [-0.2, -0.15) is 0 Å². The molecule has 3 nitrogen and oxygen atoms in total. The van der Waals surface area contributed by atoms with Gasteiger partial charge >= 0.3 is 0 Å². The Morgan fingerprint density at radius 3 is 2.57 bits per heavy atom. The molecular weight excluding hydrogens is 286 g/mol. The Kier molecular flexibility index (Phi) is 5.48. The summed E-state index contributed by atoms with van der Waals surface area (Å²) in [4.78, 5) is 2.20. The van der Waals surface area contributed by atoms with Gasteiger partial charge in [0.25, 0.3) is 0 Å². The van der Waals surface area contributed by atoms with Gasteiger partial charge < -0.3 is 9.47 Å². The number of hydrogen-bond acceptors (Lipinski definition) is 3. The zero-order chi connectivity index (χ0) is 13.8. The molecule has 1 atom stereocenters. The van der Waals surface area contributed by atoms with E-state index < -0.39 is 0 Å². The molecule has 1 unspecified atom stereocenters. The van der Waals surface area contributed by atoms with Crippen molar-refractivity contribution in [2.24, 2.45) is 0 Å². The van der Waals surface area contributed by atoms with Gasteiger partial charge in [0, 0.05) is 13.0 Å². The third-order valence-electron chi connectivity index (χ3n) is 3.58. The van der Waals surface area contributed by atoms with Crippen LogP contribution in [0.2, 0.25) is 0 Å². The summed E-state index contributed by atoms with van der Waals surface area (Å²) in [5.41, 5.74) is 1.29. The summed E-state index contributed by atoms with van der Waals surface area (Å²) in [5.74, 6) is 1.92. The minimum Gasteiger partial charge on any atom is -0.492 e. The third-order valence-corrected chi connectivity index (χ3v) is 3.58. The van der Waals surface area contributed by atoms with Crippen LogP contribution in [0.5, 0.6) is 11.5 Å². The highest BCUT2D eigenvalue weighted by Gasteiger charge is 2.25. The van der Waals surface area contributed by atoms with Crippen LogP contribution < -0.4 is 9.47 Å². The lowest BCUT2D eigenvalue weighted by molar-refractivity contribution is 0.0541. The molecule has 0 N–H and O–H groups in total. The van der Waals surface area contributed by atoms with Gasteiger partial charge in [-0.15, -0.1) is 12.4 Å². The Hall–Kier alpha value is -1.71. The number of likely N-dealkylation sites (N-methyl/N-ethyl adjacent to an activating group) is 1. The molecule has 0 radical (unpaired) electrons. The van der Waals surface area contributed by atoms with Crippen molar-refractivity contribution in [3.8, 4) is 11.5 Å². The van der Waals surface area contributed by atoms with Crippen molar-refractivity contribution in [1.29, 1.82) is 0 Å². The standard InChI is InChI=1S/C17H19NO2.ClH/c1-18(11-12-19-15-8-3-2-4-9-15)17-13-14-7-5-6-10-16(14)20-17;/h2-10,17H,11-13H2,1H3;1H. The fraction of sp³-hybridized carbons (Fsp3) is 0.294. The molecule has 112 valence electrons. The minimum atomic E-state index is 0. The smallest absolute Gasteiger partial charge is 0.156 e. The average molecular weight is 306 g/mol. The second-order valence-corrected chi connectivity index (χ2v) is 5.03. The summed E-state index contributed by atoms with van der Waals surface area (Å²) >= 11 is 0. The van der Waals surface area contributed by atoms with Gasteiger partial charge in [0.2, 0.25) is 0 Å². The summed E-state index contributed by atoms with van der Waals surface area (Å²) in [6, 6.07) is 18.1. The quantitative estimate of drug-likeness (QED) is 0.845. The van der Waals surface area contributed by atoms with Crippen LogP contribution in [0.4, 0.5) is 0 Å². The number of fused-ring (bicyclic) bond motifs is 1. The van der Waals surface area contributed by atoms with E-state index in [0.717, 1.165) is 24.5 Å². The fourth-order valence-corrected chi connectivity index (χ4v) is 2.38. The van der Waals surface area contributed by atoms with E-state index in [0.29, 0.717) is 6.61 Å². The molecule has 2 aromatic carbocycles. The van der Waals surface area contributed by atoms with Gasteiger partial charge in [-0.05, 0) is 30.8 Å². The fourth-order valence-electron chi connectivity index (χ4n) is 2.38. The van der Waals surface area contributed by atoms with Crippen LogP contribution in [0.1, 0.15) is 5.56 Å². The molecule has 0 aliphatic carbocycles. The molecule has 1 heterocycles. The lowest BCUT2D eigenvalue weighted by Gasteiger charge is -2.23. The molecule has 0 amide bonds.